The van der Waals surface area contributed by atoms with Crippen molar-refractivity contribution in [2.75, 3.05) is 16.6 Å². The lowest BCUT2D eigenvalue weighted by atomic mass is 9.62. The van der Waals surface area contributed by atoms with Crippen molar-refractivity contribution in [1.29, 1.82) is 0 Å². The van der Waals surface area contributed by atoms with Crippen LogP contribution in [0.15, 0.2) is 18.5 Å². The number of rotatable bonds is 3. The first-order valence-electron chi connectivity index (χ1n) is 8.01. The number of fused-ring (bicyclic) bond motifs is 4. The molecule has 0 unspecified atom stereocenters. The van der Waals surface area contributed by atoms with Gasteiger partial charge in [0.2, 0.25) is 10.0 Å². The van der Waals surface area contributed by atoms with Gasteiger partial charge < -0.3 is 0 Å². The van der Waals surface area contributed by atoms with Crippen LogP contribution in [-0.2, 0) is 16.4 Å². The van der Waals surface area contributed by atoms with Crippen molar-refractivity contribution in [2.24, 2.45) is 11.3 Å². The van der Waals surface area contributed by atoms with Crippen LogP contribution in [0.2, 0.25) is 0 Å². The Morgan fingerprint density at radius 1 is 1.24 bits per heavy atom. The summed E-state index contributed by atoms with van der Waals surface area (Å²) in [6, 6.07) is 1.84. The van der Waals surface area contributed by atoms with Crippen LogP contribution in [0.3, 0.4) is 0 Å². The monoisotopic (exact) mass is 306 g/mol. The molecular weight excluding hydrogens is 284 g/mol. The summed E-state index contributed by atoms with van der Waals surface area (Å²) in [4.78, 5) is 4.10. The van der Waals surface area contributed by atoms with Gasteiger partial charge in [-0.3, -0.25) is 9.29 Å². The van der Waals surface area contributed by atoms with Crippen molar-refractivity contribution in [1.82, 2.24) is 4.98 Å². The van der Waals surface area contributed by atoms with Crippen LogP contribution in [0.4, 0.5) is 5.69 Å². The fraction of sp³-hybridized carbons (Fsp3) is 0.688. The summed E-state index contributed by atoms with van der Waals surface area (Å²) in [5.74, 6) is 1.21. The zero-order valence-corrected chi connectivity index (χ0v) is 13.1. The van der Waals surface area contributed by atoms with Gasteiger partial charge in [-0.05, 0) is 67.9 Å². The molecule has 1 aromatic heterocycles. The van der Waals surface area contributed by atoms with Gasteiger partial charge in [-0.25, -0.2) is 8.42 Å². The number of hydrogen-bond donors (Lipinski definition) is 0. The SMILES string of the molecule is O=S(=O)(CC12CCC(CC1)CC2)N1CCc2cnccc21. The van der Waals surface area contributed by atoms with Crippen molar-refractivity contribution in [2.45, 2.75) is 44.9 Å². The second-order valence-electron chi connectivity index (χ2n) is 7.06. The number of hydrogen-bond acceptors (Lipinski definition) is 3. The lowest BCUT2D eigenvalue weighted by molar-refractivity contribution is 0.0860. The van der Waals surface area contributed by atoms with Crippen molar-refractivity contribution in [3.05, 3.63) is 24.0 Å². The molecule has 21 heavy (non-hydrogen) atoms. The smallest absolute Gasteiger partial charge is 0.235 e. The Morgan fingerprint density at radius 2 is 1.95 bits per heavy atom. The van der Waals surface area contributed by atoms with Crippen LogP contribution in [0.5, 0.6) is 0 Å². The van der Waals surface area contributed by atoms with E-state index in [9.17, 15) is 8.42 Å². The minimum Gasteiger partial charge on any atom is -0.270 e. The quantitative estimate of drug-likeness (QED) is 0.863. The van der Waals surface area contributed by atoms with E-state index in [2.05, 4.69) is 4.98 Å². The summed E-state index contributed by atoms with van der Waals surface area (Å²) in [7, 11) is -3.21. The van der Waals surface area contributed by atoms with Gasteiger partial charge in [-0.2, -0.15) is 0 Å². The minimum atomic E-state index is -3.21. The molecule has 4 aliphatic rings. The molecule has 0 saturated heterocycles. The van der Waals surface area contributed by atoms with Crippen molar-refractivity contribution in [3.63, 3.8) is 0 Å². The molecule has 114 valence electrons. The highest BCUT2D eigenvalue weighted by molar-refractivity contribution is 7.92. The van der Waals surface area contributed by atoms with Gasteiger partial charge in [-0.15, -0.1) is 0 Å². The molecular formula is C16H22N2O2S. The summed E-state index contributed by atoms with van der Waals surface area (Å²) >= 11 is 0. The van der Waals surface area contributed by atoms with E-state index in [-0.39, 0.29) is 5.41 Å². The predicted molar refractivity (Wildman–Crippen MR) is 82.7 cm³/mol. The molecule has 5 heteroatoms. The number of anilines is 1. The van der Waals surface area contributed by atoms with Crippen LogP contribution in [0.1, 0.15) is 44.1 Å². The average molecular weight is 306 g/mol. The molecule has 3 fully saturated rings. The van der Waals surface area contributed by atoms with Crippen molar-refractivity contribution < 1.29 is 8.42 Å². The molecule has 2 heterocycles. The fourth-order valence-electron chi connectivity index (χ4n) is 4.51. The molecule has 1 aromatic rings. The number of pyridine rings is 1. The highest BCUT2D eigenvalue weighted by Gasteiger charge is 2.45. The van der Waals surface area contributed by atoms with E-state index in [4.69, 9.17) is 0 Å². The molecule has 0 N–H and O–H groups in total. The molecule has 3 aliphatic carbocycles. The van der Waals surface area contributed by atoms with Crippen molar-refractivity contribution >= 4 is 15.7 Å². The average Bonchev–Trinajstić information content (AvgIpc) is 2.93. The zero-order valence-electron chi connectivity index (χ0n) is 12.3. The minimum absolute atomic E-state index is 0.0589. The molecule has 1 aliphatic heterocycles. The third-order valence-electron chi connectivity index (χ3n) is 5.80. The molecule has 0 radical (unpaired) electrons. The first kappa shape index (κ1) is 13.6. The number of sulfonamides is 1. The molecule has 2 bridgehead atoms. The summed E-state index contributed by atoms with van der Waals surface area (Å²) in [6.45, 7) is 0.585. The highest BCUT2D eigenvalue weighted by atomic mass is 32.2. The molecule has 0 spiro atoms. The van der Waals surface area contributed by atoms with E-state index in [1.54, 1.807) is 16.7 Å². The predicted octanol–water partition coefficient (Wildman–Crippen LogP) is 2.74. The Labute approximate surface area is 126 Å². The van der Waals surface area contributed by atoms with E-state index < -0.39 is 10.0 Å². The largest absolute Gasteiger partial charge is 0.270 e. The van der Waals surface area contributed by atoms with E-state index in [0.717, 1.165) is 42.9 Å². The molecule has 0 atom stereocenters. The van der Waals surface area contributed by atoms with Gasteiger partial charge in [0, 0.05) is 18.9 Å². The van der Waals surface area contributed by atoms with E-state index >= 15 is 0 Å². The molecule has 0 aromatic carbocycles. The fourth-order valence-corrected chi connectivity index (χ4v) is 6.72. The second kappa shape index (κ2) is 4.70. The van der Waals surface area contributed by atoms with E-state index in [0.29, 0.717) is 12.3 Å². The molecule has 3 saturated carbocycles. The Kier molecular flexibility index (Phi) is 3.03. The first-order chi connectivity index (χ1) is 10.1. The van der Waals surface area contributed by atoms with Crippen LogP contribution in [-0.4, -0.2) is 25.7 Å². The number of aromatic nitrogens is 1. The summed E-state index contributed by atoms with van der Waals surface area (Å²) < 4.78 is 27.5. The normalized spacial score (nSPS) is 31.4. The lowest BCUT2D eigenvalue weighted by Gasteiger charge is -2.46. The van der Waals surface area contributed by atoms with E-state index in [1.807, 2.05) is 6.07 Å². The van der Waals surface area contributed by atoms with Crippen LogP contribution in [0, 0.1) is 11.3 Å². The van der Waals surface area contributed by atoms with E-state index in [1.165, 1.54) is 19.3 Å². The first-order valence-corrected chi connectivity index (χ1v) is 9.62. The van der Waals surface area contributed by atoms with Gasteiger partial charge in [0.25, 0.3) is 0 Å². The third-order valence-corrected chi connectivity index (χ3v) is 7.83. The van der Waals surface area contributed by atoms with Crippen LogP contribution < -0.4 is 4.31 Å². The third kappa shape index (κ3) is 2.26. The van der Waals surface area contributed by atoms with Crippen LogP contribution >= 0.6 is 0 Å². The Hall–Kier alpha value is -1.10. The molecule has 5 rings (SSSR count). The summed E-state index contributed by atoms with van der Waals surface area (Å²) in [5, 5.41) is 0. The molecule has 0 amide bonds. The lowest BCUT2D eigenvalue weighted by Crippen LogP contribution is -2.44. The van der Waals surface area contributed by atoms with Gasteiger partial charge in [0.05, 0.1) is 11.4 Å². The Bertz CT molecular complexity index is 634. The molecule has 4 nitrogen and oxygen atoms in total. The Balaban J connectivity index is 1.60. The van der Waals surface area contributed by atoms with Crippen LogP contribution in [0.25, 0.3) is 0 Å². The topological polar surface area (TPSA) is 50.3 Å². The second-order valence-corrected chi connectivity index (χ2v) is 8.96. The standard InChI is InChI=1S/C16H22N2O2S/c19-21(20,12-16-6-1-13(2-7-16)3-8-16)18-10-5-14-11-17-9-4-15(14)18/h4,9,11,13H,1-3,5-8,10,12H2. The van der Waals surface area contributed by atoms with Crippen molar-refractivity contribution in [3.8, 4) is 0 Å². The number of nitrogens with zero attached hydrogens (tertiary/aromatic N) is 2. The summed E-state index contributed by atoms with van der Waals surface area (Å²) in [6.07, 6.45) is 11.3. The van der Waals surface area contributed by atoms with Gasteiger partial charge >= 0.3 is 0 Å². The maximum atomic E-state index is 13.0. The maximum absolute atomic E-state index is 13.0. The van der Waals surface area contributed by atoms with Gasteiger partial charge in [0.15, 0.2) is 0 Å². The van der Waals surface area contributed by atoms with Gasteiger partial charge in [0.1, 0.15) is 0 Å². The zero-order chi connectivity index (χ0) is 14.5. The summed E-state index contributed by atoms with van der Waals surface area (Å²) in [5.41, 5.74) is 1.97. The van der Waals surface area contributed by atoms with Gasteiger partial charge in [-0.1, -0.05) is 0 Å². The highest BCUT2D eigenvalue weighted by Crippen LogP contribution is 2.51. The maximum Gasteiger partial charge on any atom is 0.235 e. The Morgan fingerprint density at radius 3 is 2.67 bits per heavy atom.